The molecule has 8 heteroatoms. The number of likely N-dealkylation sites (tertiary alicyclic amines) is 1. The number of hydrogen-bond acceptors (Lipinski definition) is 5. The number of hydrogen-bond donors (Lipinski definition) is 0. The van der Waals surface area contributed by atoms with Crippen LogP contribution in [0.25, 0.3) is 0 Å². The van der Waals surface area contributed by atoms with E-state index < -0.39 is 0 Å². The van der Waals surface area contributed by atoms with Crippen molar-refractivity contribution >= 4 is 23.3 Å². The molecule has 1 atom stereocenters. The molecule has 2 fully saturated rings. The smallest absolute Gasteiger partial charge is 0.255 e. The number of aryl methyl sites for hydroxylation is 1. The zero-order valence-electron chi connectivity index (χ0n) is 14.9. The van der Waals surface area contributed by atoms with Crippen molar-refractivity contribution in [2.24, 2.45) is 7.05 Å². The van der Waals surface area contributed by atoms with E-state index in [1.165, 1.54) is 6.42 Å². The third-order valence-electron chi connectivity index (χ3n) is 5.28. The second-order valence-electron chi connectivity index (χ2n) is 7.03. The first-order valence-corrected chi connectivity index (χ1v) is 9.58. The van der Waals surface area contributed by atoms with E-state index in [9.17, 15) is 4.79 Å². The van der Waals surface area contributed by atoms with Crippen LogP contribution in [0.1, 0.15) is 54.3 Å². The maximum atomic E-state index is 12.7. The first-order valence-electron chi connectivity index (χ1n) is 9.20. The second kappa shape index (κ2) is 7.23. The average Bonchev–Trinajstić information content (AvgIpc) is 3.30. The normalized spacial score (nSPS) is 20.6. The van der Waals surface area contributed by atoms with E-state index in [4.69, 9.17) is 11.6 Å². The number of rotatable bonds is 3. The summed E-state index contributed by atoms with van der Waals surface area (Å²) in [4.78, 5) is 21.3. The molecular formula is C18H23ClN6O. The molecule has 2 saturated heterocycles. The van der Waals surface area contributed by atoms with Crippen molar-refractivity contribution in [1.82, 2.24) is 24.6 Å². The molecule has 0 spiro atoms. The molecule has 0 aliphatic carbocycles. The Kier molecular flexibility index (Phi) is 4.80. The zero-order chi connectivity index (χ0) is 18.1. The fourth-order valence-electron chi connectivity index (χ4n) is 3.92. The van der Waals surface area contributed by atoms with Gasteiger partial charge in [-0.1, -0.05) is 11.6 Å². The lowest BCUT2D eigenvalue weighted by atomic mass is 10.1. The molecule has 7 nitrogen and oxygen atoms in total. The number of carbonyl (C=O) groups is 1. The van der Waals surface area contributed by atoms with Crippen LogP contribution in [0.5, 0.6) is 0 Å². The molecule has 0 saturated carbocycles. The van der Waals surface area contributed by atoms with Crippen LogP contribution in [0.2, 0.25) is 5.02 Å². The quantitative estimate of drug-likeness (QED) is 0.826. The summed E-state index contributed by atoms with van der Waals surface area (Å²) >= 11 is 6.54. The van der Waals surface area contributed by atoms with Crippen molar-refractivity contribution < 1.29 is 4.79 Å². The number of halogens is 1. The fraction of sp³-hybridized carbons (Fsp3) is 0.556. The summed E-state index contributed by atoms with van der Waals surface area (Å²) in [5, 5.41) is 8.75. The number of carbonyl (C=O) groups excluding carboxylic acids is 1. The number of nitrogens with zero attached hydrogens (tertiary/aromatic N) is 6. The highest BCUT2D eigenvalue weighted by molar-refractivity contribution is 6.33. The predicted molar refractivity (Wildman–Crippen MR) is 99.3 cm³/mol. The van der Waals surface area contributed by atoms with Gasteiger partial charge in [0.2, 0.25) is 0 Å². The van der Waals surface area contributed by atoms with Crippen LogP contribution in [0, 0.1) is 0 Å². The van der Waals surface area contributed by atoms with Gasteiger partial charge < -0.3 is 14.4 Å². The number of aromatic nitrogens is 4. The Morgan fingerprint density at radius 1 is 1.19 bits per heavy atom. The molecule has 4 rings (SSSR count). The van der Waals surface area contributed by atoms with Crippen LogP contribution >= 0.6 is 11.6 Å². The van der Waals surface area contributed by atoms with E-state index in [1.807, 2.05) is 16.5 Å². The van der Waals surface area contributed by atoms with E-state index in [1.54, 1.807) is 18.6 Å². The van der Waals surface area contributed by atoms with Gasteiger partial charge in [-0.05, 0) is 38.2 Å². The summed E-state index contributed by atoms with van der Waals surface area (Å²) in [6.45, 7) is 2.50. The maximum absolute atomic E-state index is 12.7. The topological polar surface area (TPSA) is 67.2 Å². The van der Waals surface area contributed by atoms with Crippen molar-refractivity contribution in [3.05, 3.63) is 35.0 Å². The third-order valence-corrected chi connectivity index (χ3v) is 5.56. The standard InChI is InChI=1S/C18H23ClN6O/c1-23-12-21-22-17(23)15-6-5-9-25(15)16-14(19)10-13(11-20-16)18(26)24-7-3-2-4-8-24/h10-12,15H,2-9H2,1H3. The molecule has 0 radical (unpaired) electrons. The van der Waals surface area contributed by atoms with Gasteiger partial charge in [-0.3, -0.25) is 4.79 Å². The lowest BCUT2D eigenvalue weighted by molar-refractivity contribution is 0.0724. The van der Waals surface area contributed by atoms with Gasteiger partial charge in [0.05, 0.1) is 16.6 Å². The van der Waals surface area contributed by atoms with E-state index in [0.717, 1.165) is 51.1 Å². The minimum absolute atomic E-state index is 0.0249. The van der Waals surface area contributed by atoms with E-state index in [-0.39, 0.29) is 11.9 Å². The van der Waals surface area contributed by atoms with Gasteiger partial charge in [-0.25, -0.2) is 4.98 Å². The molecule has 0 aromatic carbocycles. The molecule has 4 heterocycles. The van der Waals surface area contributed by atoms with Gasteiger partial charge in [0, 0.05) is 32.9 Å². The lowest BCUT2D eigenvalue weighted by Gasteiger charge is -2.28. The summed E-state index contributed by atoms with van der Waals surface area (Å²) < 4.78 is 1.94. The Bertz CT molecular complexity index is 801. The van der Waals surface area contributed by atoms with E-state index in [2.05, 4.69) is 20.1 Å². The van der Waals surface area contributed by atoms with Crippen LogP contribution < -0.4 is 4.90 Å². The molecule has 26 heavy (non-hydrogen) atoms. The first kappa shape index (κ1) is 17.3. The average molecular weight is 375 g/mol. The SMILES string of the molecule is Cn1cnnc1C1CCCN1c1ncc(C(=O)N2CCCCC2)cc1Cl. The minimum atomic E-state index is 0.0249. The van der Waals surface area contributed by atoms with Gasteiger partial charge in [-0.15, -0.1) is 10.2 Å². The molecule has 2 aromatic rings. The number of piperidine rings is 1. The van der Waals surface area contributed by atoms with Crippen LogP contribution in [-0.2, 0) is 7.05 Å². The largest absolute Gasteiger partial charge is 0.345 e. The Balaban J connectivity index is 1.57. The minimum Gasteiger partial charge on any atom is -0.345 e. The molecule has 0 N–H and O–H groups in total. The van der Waals surface area contributed by atoms with Crippen molar-refractivity contribution in [3.8, 4) is 0 Å². The monoisotopic (exact) mass is 374 g/mol. The zero-order valence-corrected chi connectivity index (χ0v) is 15.7. The summed E-state index contributed by atoms with van der Waals surface area (Å²) in [6.07, 6.45) is 8.73. The highest BCUT2D eigenvalue weighted by atomic mass is 35.5. The summed E-state index contributed by atoms with van der Waals surface area (Å²) in [5.74, 6) is 1.65. The van der Waals surface area contributed by atoms with Crippen LogP contribution in [0.15, 0.2) is 18.6 Å². The maximum Gasteiger partial charge on any atom is 0.255 e. The van der Waals surface area contributed by atoms with Crippen LogP contribution in [0.3, 0.4) is 0 Å². The number of anilines is 1. The number of pyridine rings is 1. The molecule has 2 aliphatic heterocycles. The number of amides is 1. The summed E-state index contributed by atoms with van der Waals surface area (Å²) in [7, 11) is 1.95. The van der Waals surface area contributed by atoms with Gasteiger partial charge >= 0.3 is 0 Å². The lowest BCUT2D eigenvalue weighted by Crippen LogP contribution is -2.35. The first-order chi connectivity index (χ1) is 12.6. The van der Waals surface area contributed by atoms with Gasteiger partial charge in [0.1, 0.15) is 12.1 Å². The highest BCUT2D eigenvalue weighted by Crippen LogP contribution is 2.37. The predicted octanol–water partition coefficient (Wildman–Crippen LogP) is 2.83. The fourth-order valence-corrected chi connectivity index (χ4v) is 4.20. The van der Waals surface area contributed by atoms with E-state index in [0.29, 0.717) is 16.4 Å². The Morgan fingerprint density at radius 2 is 2.00 bits per heavy atom. The Hall–Kier alpha value is -2.15. The molecule has 2 aromatic heterocycles. The molecule has 1 amide bonds. The van der Waals surface area contributed by atoms with Crippen molar-refractivity contribution in [2.75, 3.05) is 24.5 Å². The summed E-state index contributed by atoms with van der Waals surface area (Å²) in [5.41, 5.74) is 0.565. The Morgan fingerprint density at radius 3 is 2.69 bits per heavy atom. The molecular weight excluding hydrogens is 352 g/mol. The molecule has 1 unspecified atom stereocenters. The van der Waals surface area contributed by atoms with Gasteiger partial charge in [0.15, 0.2) is 5.82 Å². The summed E-state index contributed by atoms with van der Waals surface area (Å²) in [6, 6.07) is 1.86. The van der Waals surface area contributed by atoms with E-state index >= 15 is 0 Å². The van der Waals surface area contributed by atoms with Gasteiger partial charge in [-0.2, -0.15) is 0 Å². The van der Waals surface area contributed by atoms with Crippen molar-refractivity contribution in [3.63, 3.8) is 0 Å². The highest BCUT2D eigenvalue weighted by Gasteiger charge is 2.32. The second-order valence-corrected chi connectivity index (χ2v) is 7.44. The van der Waals surface area contributed by atoms with Crippen LogP contribution in [-0.4, -0.2) is 50.2 Å². The molecule has 2 aliphatic rings. The third kappa shape index (κ3) is 3.16. The van der Waals surface area contributed by atoms with Gasteiger partial charge in [0.25, 0.3) is 5.91 Å². The Labute approximate surface area is 158 Å². The molecule has 138 valence electrons. The van der Waals surface area contributed by atoms with Crippen molar-refractivity contribution in [2.45, 2.75) is 38.1 Å². The van der Waals surface area contributed by atoms with Crippen molar-refractivity contribution in [1.29, 1.82) is 0 Å². The molecule has 0 bridgehead atoms. The van der Waals surface area contributed by atoms with Crippen LogP contribution in [0.4, 0.5) is 5.82 Å².